The molecule has 0 heterocycles. The van der Waals surface area contributed by atoms with Crippen LogP contribution in [0.4, 0.5) is 0 Å². The smallest absolute Gasteiger partial charge is 0.160 e. The summed E-state index contributed by atoms with van der Waals surface area (Å²) in [4.78, 5) is 23.6. The average molecular weight is 344 g/mol. The number of carbonyl (C=O) groups is 2. The van der Waals surface area contributed by atoms with Gasteiger partial charge >= 0.3 is 0 Å². The number of carbonyl (C=O) groups excluding carboxylic acids is 2. The molecule has 132 valence electrons. The number of hydrogen-bond acceptors (Lipinski definition) is 2. The Morgan fingerprint density at radius 1 is 0.654 bits per heavy atom. The number of Topliss-reactive ketones (excluding diaryl/α,β-unsaturated/α-hetero) is 2. The SMILES string of the molecule is CC(=O)c1ccccc1C=C1CCC(=Cc2ccccc2C(C)=O)CC1. The highest BCUT2D eigenvalue weighted by atomic mass is 16.1. The van der Waals surface area contributed by atoms with Crippen LogP contribution in [0.1, 0.15) is 71.4 Å². The summed E-state index contributed by atoms with van der Waals surface area (Å²) >= 11 is 0. The third kappa shape index (κ3) is 4.26. The molecule has 26 heavy (non-hydrogen) atoms. The van der Waals surface area contributed by atoms with E-state index >= 15 is 0 Å². The van der Waals surface area contributed by atoms with Gasteiger partial charge < -0.3 is 0 Å². The van der Waals surface area contributed by atoms with E-state index in [1.54, 1.807) is 13.8 Å². The average Bonchev–Trinajstić information content (AvgIpc) is 2.64. The molecule has 0 unspecified atom stereocenters. The van der Waals surface area contributed by atoms with Crippen LogP contribution in [-0.4, -0.2) is 11.6 Å². The molecule has 1 saturated carbocycles. The molecule has 1 aliphatic carbocycles. The first kappa shape index (κ1) is 18.1. The van der Waals surface area contributed by atoms with Gasteiger partial charge in [-0.25, -0.2) is 0 Å². The predicted molar refractivity (Wildman–Crippen MR) is 107 cm³/mol. The molecular weight excluding hydrogens is 320 g/mol. The maximum atomic E-state index is 11.8. The monoisotopic (exact) mass is 344 g/mol. The van der Waals surface area contributed by atoms with Crippen molar-refractivity contribution >= 4 is 23.7 Å². The van der Waals surface area contributed by atoms with Gasteiger partial charge in [-0.2, -0.15) is 0 Å². The molecule has 0 radical (unpaired) electrons. The standard InChI is InChI=1S/C24H24O2/c1-17(25)23-9-5-3-7-21(23)15-19-11-13-20(14-12-19)16-22-8-4-6-10-24(22)18(2)26/h3-10,15-16H,11-14H2,1-2H3. The summed E-state index contributed by atoms with van der Waals surface area (Å²) in [6.07, 6.45) is 8.36. The number of rotatable bonds is 4. The van der Waals surface area contributed by atoms with Gasteiger partial charge in [0, 0.05) is 11.1 Å². The van der Waals surface area contributed by atoms with Crippen molar-refractivity contribution in [1.29, 1.82) is 0 Å². The van der Waals surface area contributed by atoms with E-state index in [1.807, 2.05) is 48.5 Å². The molecule has 0 saturated heterocycles. The molecule has 3 rings (SSSR count). The largest absolute Gasteiger partial charge is 0.294 e. The van der Waals surface area contributed by atoms with E-state index < -0.39 is 0 Å². The first-order chi connectivity index (χ1) is 12.5. The molecule has 0 N–H and O–H groups in total. The van der Waals surface area contributed by atoms with Gasteiger partial charge in [-0.05, 0) is 50.7 Å². The quantitative estimate of drug-likeness (QED) is 0.625. The van der Waals surface area contributed by atoms with Crippen LogP contribution in [0.25, 0.3) is 12.2 Å². The minimum atomic E-state index is 0.106. The highest BCUT2D eigenvalue weighted by Crippen LogP contribution is 2.31. The molecule has 1 aliphatic rings. The molecule has 0 aromatic heterocycles. The summed E-state index contributed by atoms with van der Waals surface area (Å²) in [6, 6.07) is 15.6. The summed E-state index contributed by atoms with van der Waals surface area (Å²) in [5.74, 6) is 0.212. The number of benzene rings is 2. The minimum Gasteiger partial charge on any atom is -0.294 e. The van der Waals surface area contributed by atoms with Gasteiger partial charge in [0.1, 0.15) is 0 Å². The fourth-order valence-corrected chi connectivity index (χ4v) is 3.51. The Hall–Kier alpha value is -2.74. The first-order valence-corrected chi connectivity index (χ1v) is 9.13. The van der Waals surface area contributed by atoms with Crippen molar-refractivity contribution in [3.8, 4) is 0 Å². The van der Waals surface area contributed by atoms with Gasteiger partial charge in [0.25, 0.3) is 0 Å². The van der Waals surface area contributed by atoms with E-state index in [9.17, 15) is 9.59 Å². The van der Waals surface area contributed by atoms with Crippen LogP contribution in [0.2, 0.25) is 0 Å². The summed E-state index contributed by atoms with van der Waals surface area (Å²) in [5.41, 5.74) is 6.38. The zero-order valence-electron chi connectivity index (χ0n) is 15.4. The van der Waals surface area contributed by atoms with E-state index in [4.69, 9.17) is 0 Å². The van der Waals surface area contributed by atoms with Gasteiger partial charge in [-0.15, -0.1) is 0 Å². The molecule has 2 nitrogen and oxygen atoms in total. The highest BCUT2D eigenvalue weighted by molar-refractivity contribution is 5.98. The maximum absolute atomic E-state index is 11.8. The van der Waals surface area contributed by atoms with Gasteiger partial charge in [0.15, 0.2) is 11.6 Å². The lowest BCUT2D eigenvalue weighted by Gasteiger charge is -2.18. The lowest BCUT2D eigenvalue weighted by molar-refractivity contribution is 0.100. The van der Waals surface area contributed by atoms with Crippen LogP contribution in [0.3, 0.4) is 0 Å². The zero-order chi connectivity index (χ0) is 18.5. The summed E-state index contributed by atoms with van der Waals surface area (Å²) in [6.45, 7) is 3.23. The Morgan fingerprint density at radius 3 is 1.35 bits per heavy atom. The second kappa shape index (κ2) is 8.09. The Bertz CT molecular complexity index is 812. The summed E-state index contributed by atoms with van der Waals surface area (Å²) < 4.78 is 0. The minimum absolute atomic E-state index is 0.106. The van der Waals surface area contributed by atoms with Gasteiger partial charge in [0.2, 0.25) is 0 Å². The van der Waals surface area contributed by atoms with Crippen molar-refractivity contribution in [3.63, 3.8) is 0 Å². The van der Waals surface area contributed by atoms with Crippen molar-refractivity contribution in [2.24, 2.45) is 0 Å². The van der Waals surface area contributed by atoms with Crippen LogP contribution in [0, 0.1) is 0 Å². The molecule has 0 atom stereocenters. The van der Waals surface area contributed by atoms with Gasteiger partial charge in [-0.3, -0.25) is 9.59 Å². The molecule has 0 bridgehead atoms. The molecule has 1 fully saturated rings. The first-order valence-electron chi connectivity index (χ1n) is 9.13. The second-order valence-corrected chi connectivity index (χ2v) is 6.89. The lowest BCUT2D eigenvalue weighted by Crippen LogP contribution is -2.01. The van der Waals surface area contributed by atoms with Crippen LogP contribution >= 0.6 is 0 Å². The van der Waals surface area contributed by atoms with Crippen molar-refractivity contribution in [3.05, 3.63) is 81.9 Å². The van der Waals surface area contributed by atoms with E-state index in [1.165, 1.54) is 11.1 Å². The van der Waals surface area contributed by atoms with Gasteiger partial charge in [-0.1, -0.05) is 71.8 Å². The molecule has 2 aromatic carbocycles. The van der Waals surface area contributed by atoms with Crippen molar-refractivity contribution in [2.45, 2.75) is 39.5 Å². The second-order valence-electron chi connectivity index (χ2n) is 6.89. The van der Waals surface area contributed by atoms with E-state index in [0.29, 0.717) is 0 Å². The highest BCUT2D eigenvalue weighted by Gasteiger charge is 2.13. The Morgan fingerprint density at radius 2 is 1.00 bits per heavy atom. The van der Waals surface area contributed by atoms with Crippen molar-refractivity contribution < 1.29 is 9.59 Å². The van der Waals surface area contributed by atoms with Gasteiger partial charge in [0.05, 0.1) is 0 Å². The Kier molecular flexibility index (Phi) is 5.62. The Labute approximate surface area is 155 Å². The lowest BCUT2D eigenvalue weighted by atomic mass is 9.87. The van der Waals surface area contributed by atoms with Crippen LogP contribution in [-0.2, 0) is 0 Å². The number of allylic oxidation sites excluding steroid dienone is 2. The fraction of sp³-hybridized carbons (Fsp3) is 0.250. The van der Waals surface area contributed by atoms with Crippen LogP contribution in [0.5, 0.6) is 0 Å². The summed E-state index contributed by atoms with van der Waals surface area (Å²) in [5, 5.41) is 0. The third-order valence-electron chi connectivity index (χ3n) is 4.93. The van der Waals surface area contributed by atoms with Crippen LogP contribution in [0.15, 0.2) is 59.7 Å². The molecule has 0 spiro atoms. The fourth-order valence-electron chi connectivity index (χ4n) is 3.51. The molecular formula is C24H24O2. The molecule has 0 amide bonds. The summed E-state index contributed by atoms with van der Waals surface area (Å²) in [7, 11) is 0. The van der Waals surface area contributed by atoms with Crippen molar-refractivity contribution in [1.82, 2.24) is 0 Å². The molecule has 2 heteroatoms. The van der Waals surface area contributed by atoms with Crippen molar-refractivity contribution in [2.75, 3.05) is 0 Å². The third-order valence-corrected chi connectivity index (χ3v) is 4.93. The predicted octanol–water partition coefficient (Wildman–Crippen LogP) is 6.13. The normalized spacial score (nSPS) is 14.1. The van der Waals surface area contributed by atoms with E-state index in [0.717, 1.165) is 47.9 Å². The van der Waals surface area contributed by atoms with Crippen LogP contribution < -0.4 is 0 Å². The maximum Gasteiger partial charge on any atom is 0.160 e. The van der Waals surface area contributed by atoms with E-state index in [2.05, 4.69) is 12.2 Å². The zero-order valence-corrected chi connectivity index (χ0v) is 15.4. The Balaban J connectivity index is 1.76. The topological polar surface area (TPSA) is 34.1 Å². The number of ketones is 2. The number of hydrogen-bond donors (Lipinski definition) is 0. The molecule has 0 aliphatic heterocycles. The van der Waals surface area contributed by atoms with E-state index in [-0.39, 0.29) is 11.6 Å². The molecule has 2 aromatic rings.